The van der Waals surface area contributed by atoms with Gasteiger partial charge in [0.15, 0.2) is 0 Å². The van der Waals surface area contributed by atoms with Gasteiger partial charge < -0.3 is 5.11 Å². The van der Waals surface area contributed by atoms with Crippen molar-refractivity contribution in [3.8, 4) is 5.69 Å². The van der Waals surface area contributed by atoms with Crippen LogP contribution in [0.5, 0.6) is 0 Å². The number of aryl methyl sites for hydroxylation is 2. The second-order valence-electron chi connectivity index (χ2n) is 6.96. The van der Waals surface area contributed by atoms with Crippen LogP contribution in [-0.2, 0) is 6.54 Å². The monoisotopic (exact) mass is 466 g/mol. The van der Waals surface area contributed by atoms with Gasteiger partial charge in [-0.1, -0.05) is 0 Å². The highest BCUT2D eigenvalue weighted by molar-refractivity contribution is 14.1. The van der Waals surface area contributed by atoms with Crippen LogP contribution in [0.1, 0.15) is 41.6 Å². The van der Waals surface area contributed by atoms with Gasteiger partial charge in [-0.25, -0.2) is 9.07 Å². The fraction of sp³-hybridized carbons (Fsp3) is 0.368. The molecule has 1 unspecified atom stereocenters. The summed E-state index contributed by atoms with van der Waals surface area (Å²) in [5.41, 5.74) is 3.79. The summed E-state index contributed by atoms with van der Waals surface area (Å²) in [7, 11) is 0. The Morgan fingerprint density at radius 1 is 1.27 bits per heavy atom. The summed E-state index contributed by atoms with van der Waals surface area (Å²) in [6.45, 7) is 4.70. The average Bonchev–Trinajstić information content (AvgIpc) is 3.19. The zero-order valence-electron chi connectivity index (χ0n) is 14.7. The Morgan fingerprint density at radius 3 is 2.73 bits per heavy atom. The van der Waals surface area contributed by atoms with Gasteiger partial charge in [0, 0.05) is 21.9 Å². The zero-order valence-corrected chi connectivity index (χ0v) is 16.8. The molecule has 136 valence electrons. The lowest BCUT2D eigenvalue weighted by Gasteiger charge is -2.14. The smallest absolute Gasteiger partial charge is 0.124 e. The van der Waals surface area contributed by atoms with Crippen LogP contribution in [0.3, 0.4) is 0 Å². The van der Waals surface area contributed by atoms with Gasteiger partial charge in [-0.05, 0) is 79.5 Å². The summed E-state index contributed by atoms with van der Waals surface area (Å²) in [6, 6.07) is 6.41. The largest absolute Gasteiger partial charge is 0.382 e. The van der Waals surface area contributed by atoms with Gasteiger partial charge in [0.25, 0.3) is 0 Å². The molecular weight excluding hydrogens is 446 g/mol. The molecule has 26 heavy (non-hydrogen) atoms. The predicted octanol–water partition coefficient (Wildman–Crippen LogP) is 3.92. The lowest BCUT2D eigenvalue weighted by Crippen LogP contribution is -2.10. The van der Waals surface area contributed by atoms with E-state index in [9.17, 15) is 9.50 Å². The minimum Gasteiger partial charge on any atom is -0.382 e. The van der Waals surface area contributed by atoms with Crippen molar-refractivity contribution < 1.29 is 9.50 Å². The van der Waals surface area contributed by atoms with Crippen molar-refractivity contribution in [1.82, 2.24) is 19.6 Å². The topological polar surface area (TPSA) is 55.9 Å². The molecule has 4 rings (SSSR count). The third-order valence-electron chi connectivity index (χ3n) is 4.70. The van der Waals surface area contributed by atoms with Gasteiger partial charge in [-0.2, -0.15) is 10.2 Å². The molecule has 1 aromatic carbocycles. The van der Waals surface area contributed by atoms with E-state index in [2.05, 4.69) is 32.8 Å². The lowest BCUT2D eigenvalue weighted by atomic mass is 10.1. The van der Waals surface area contributed by atoms with Crippen molar-refractivity contribution in [3.05, 3.63) is 62.5 Å². The van der Waals surface area contributed by atoms with E-state index in [1.165, 1.54) is 25.0 Å². The van der Waals surface area contributed by atoms with Crippen molar-refractivity contribution in [1.29, 1.82) is 0 Å². The summed E-state index contributed by atoms with van der Waals surface area (Å²) in [5.74, 6) is 0.425. The maximum absolute atomic E-state index is 13.5. The molecule has 0 aliphatic heterocycles. The third kappa shape index (κ3) is 3.42. The Balaban J connectivity index is 1.72. The maximum Gasteiger partial charge on any atom is 0.124 e. The summed E-state index contributed by atoms with van der Waals surface area (Å²) < 4.78 is 17.8. The van der Waals surface area contributed by atoms with E-state index in [1.807, 2.05) is 30.8 Å². The van der Waals surface area contributed by atoms with Crippen LogP contribution in [0.15, 0.2) is 30.5 Å². The van der Waals surface area contributed by atoms with E-state index in [1.54, 1.807) is 10.7 Å². The van der Waals surface area contributed by atoms with Gasteiger partial charge in [-0.15, -0.1) is 0 Å². The fourth-order valence-electron chi connectivity index (χ4n) is 3.18. The minimum atomic E-state index is -0.843. The van der Waals surface area contributed by atoms with E-state index in [0.29, 0.717) is 11.6 Å². The Labute approximate surface area is 165 Å². The highest BCUT2D eigenvalue weighted by Gasteiger charge is 2.25. The molecule has 1 atom stereocenters. The molecule has 0 spiro atoms. The van der Waals surface area contributed by atoms with Gasteiger partial charge in [0.1, 0.15) is 11.9 Å². The van der Waals surface area contributed by atoms with Crippen molar-refractivity contribution in [2.75, 3.05) is 0 Å². The summed E-state index contributed by atoms with van der Waals surface area (Å²) >= 11 is 2.09. The van der Waals surface area contributed by atoms with E-state index < -0.39 is 6.10 Å². The summed E-state index contributed by atoms with van der Waals surface area (Å²) in [6.07, 6.45) is 3.60. The van der Waals surface area contributed by atoms with Gasteiger partial charge in [0.05, 0.1) is 22.8 Å². The normalized spacial score (nSPS) is 15.4. The van der Waals surface area contributed by atoms with Crippen LogP contribution in [0, 0.1) is 29.2 Å². The fourth-order valence-corrected chi connectivity index (χ4v) is 3.89. The molecule has 2 aromatic heterocycles. The first-order valence-corrected chi connectivity index (χ1v) is 9.74. The Hall–Kier alpha value is -1.74. The molecule has 7 heteroatoms. The molecule has 5 nitrogen and oxygen atoms in total. The molecule has 1 fully saturated rings. The SMILES string of the molecule is Cc1cc(C(O)c2cn(CC3CC3)nc2C)n(-c2ccc(F)cc2I)n1. The first-order chi connectivity index (χ1) is 12.4. The van der Waals surface area contributed by atoms with E-state index in [0.717, 1.165) is 32.8 Å². The predicted molar refractivity (Wildman–Crippen MR) is 105 cm³/mol. The highest BCUT2D eigenvalue weighted by Crippen LogP contribution is 2.32. The van der Waals surface area contributed by atoms with Crippen molar-refractivity contribution in [3.63, 3.8) is 0 Å². The molecule has 1 saturated carbocycles. The van der Waals surface area contributed by atoms with Gasteiger partial charge >= 0.3 is 0 Å². The lowest BCUT2D eigenvalue weighted by molar-refractivity contribution is 0.211. The number of aliphatic hydroxyl groups excluding tert-OH is 1. The van der Waals surface area contributed by atoms with Crippen LogP contribution in [0.25, 0.3) is 5.69 Å². The van der Waals surface area contributed by atoms with Crippen LogP contribution in [0.2, 0.25) is 0 Å². The van der Waals surface area contributed by atoms with E-state index >= 15 is 0 Å². The van der Waals surface area contributed by atoms with E-state index in [-0.39, 0.29) is 5.82 Å². The van der Waals surface area contributed by atoms with Gasteiger partial charge in [0.2, 0.25) is 0 Å². The maximum atomic E-state index is 13.5. The molecule has 2 heterocycles. The molecule has 3 aromatic rings. The molecule has 0 amide bonds. The van der Waals surface area contributed by atoms with E-state index in [4.69, 9.17) is 0 Å². The number of hydrogen-bond donors (Lipinski definition) is 1. The quantitative estimate of drug-likeness (QED) is 0.581. The second kappa shape index (κ2) is 6.77. The molecule has 0 radical (unpaired) electrons. The number of halogens is 2. The molecule has 1 aliphatic carbocycles. The van der Waals surface area contributed by atoms with Crippen LogP contribution < -0.4 is 0 Å². The number of rotatable bonds is 5. The molecule has 1 N–H and O–H groups in total. The van der Waals surface area contributed by atoms with Crippen molar-refractivity contribution in [2.45, 2.75) is 39.3 Å². The van der Waals surface area contributed by atoms with Crippen molar-refractivity contribution in [2.24, 2.45) is 5.92 Å². The average molecular weight is 466 g/mol. The minimum absolute atomic E-state index is 0.290. The Kier molecular flexibility index (Phi) is 4.60. The molecular formula is C19H20FIN4O. The number of aliphatic hydroxyl groups is 1. The number of benzene rings is 1. The first-order valence-electron chi connectivity index (χ1n) is 8.66. The standard InChI is InChI=1S/C19H20FIN4O/c1-11-7-18(25(22-11)17-6-5-14(20)8-16(17)21)19(26)15-10-24(23-12(15)2)9-13-3-4-13/h5-8,10,13,19,26H,3-4,9H2,1-2H3. The van der Waals surface area contributed by atoms with Crippen LogP contribution >= 0.6 is 22.6 Å². The third-order valence-corrected chi connectivity index (χ3v) is 5.56. The molecule has 0 saturated heterocycles. The number of aromatic nitrogens is 4. The zero-order chi connectivity index (χ0) is 18.4. The van der Waals surface area contributed by atoms with Crippen molar-refractivity contribution >= 4 is 22.6 Å². The molecule has 1 aliphatic rings. The summed E-state index contributed by atoms with van der Waals surface area (Å²) in [5, 5.41) is 20.1. The van der Waals surface area contributed by atoms with Crippen LogP contribution in [-0.4, -0.2) is 24.7 Å². The first kappa shape index (κ1) is 17.7. The highest BCUT2D eigenvalue weighted by atomic mass is 127. The van der Waals surface area contributed by atoms with Crippen LogP contribution in [0.4, 0.5) is 4.39 Å². The Bertz CT molecular complexity index is 961. The Morgan fingerprint density at radius 2 is 2.04 bits per heavy atom. The molecule has 0 bridgehead atoms. The second-order valence-corrected chi connectivity index (χ2v) is 8.12. The van der Waals surface area contributed by atoms with Gasteiger partial charge in [-0.3, -0.25) is 4.68 Å². The number of hydrogen-bond acceptors (Lipinski definition) is 3. The number of nitrogens with zero attached hydrogens (tertiary/aromatic N) is 4. The summed E-state index contributed by atoms with van der Waals surface area (Å²) in [4.78, 5) is 0.